The second-order valence-electron chi connectivity index (χ2n) is 5.34. The normalized spacial score (nSPS) is 11.0. The maximum atomic E-state index is 13.7. The molecule has 0 N–H and O–H groups in total. The van der Waals surface area contributed by atoms with E-state index in [-0.39, 0.29) is 18.1 Å². The summed E-state index contributed by atoms with van der Waals surface area (Å²) in [5, 5.41) is 0.547. The molecule has 3 aromatic rings. The zero-order valence-corrected chi connectivity index (χ0v) is 12.1. The molecule has 3 rings (SSSR count). The SMILES string of the molecule is Cc1ccc(C(=O)Cn2ccc3c(F)cccc32)cc1C. The van der Waals surface area contributed by atoms with Gasteiger partial charge in [0, 0.05) is 17.1 Å². The van der Waals surface area contributed by atoms with Gasteiger partial charge in [0.25, 0.3) is 0 Å². The fourth-order valence-electron chi connectivity index (χ4n) is 2.48. The number of carbonyl (C=O) groups excluding carboxylic acids is 1. The van der Waals surface area contributed by atoms with Gasteiger partial charge in [0.2, 0.25) is 0 Å². The van der Waals surface area contributed by atoms with E-state index in [1.165, 1.54) is 11.6 Å². The molecule has 2 aromatic carbocycles. The molecule has 0 radical (unpaired) electrons. The lowest BCUT2D eigenvalue weighted by atomic mass is 10.0. The molecule has 1 heterocycles. The number of fused-ring (bicyclic) bond motifs is 1. The number of Topliss-reactive ketones (excluding diaryl/α,β-unsaturated/α-hetero) is 1. The number of aryl methyl sites for hydroxylation is 2. The molecule has 0 saturated heterocycles. The summed E-state index contributed by atoms with van der Waals surface area (Å²) in [6.07, 6.45) is 1.76. The second kappa shape index (κ2) is 5.17. The molecule has 0 aliphatic rings. The van der Waals surface area contributed by atoms with Gasteiger partial charge in [-0.15, -0.1) is 0 Å². The summed E-state index contributed by atoms with van der Waals surface area (Å²) in [5.74, 6) is -0.232. The summed E-state index contributed by atoms with van der Waals surface area (Å²) < 4.78 is 15.4. The average molecular weight is 281 g/mol. The summed E-state index contributed by atoms with van der Waals surface area (Å²) in [6, 6.07) is 12.3. The van der Waals surface area contributed by atoms with Gasteiger partial charge in [-0.1, -0.05) is 18.2 Å². The predicted octanol–water partition coefficient (Wildman–Crippen LogP) is 4.28. The Labute approximate surface area is 122 Å². The van der Waals surface area contributed by atoms with E-state index in [0.29, 0.717) is 10.9 Å². The number of carbonyl (C=O) groups is 1. The second-order valence-corrected chi connectivity index (χ2v) is 5.34. The predicted molar refractivity (Wildman–Crippen MR) is 82.1 cm³/mol. The van der Waals surface area contributed by atoms with Crippen molar-refractivity contribution in [2.75, 3.05) is 0 Å². The Hall–Kier alpha value is -2.42. The van der Waals surface area contributed by atoms with Crippen LogP contribution >= 0.6 is 0 Å². The van der Waals surface area contributed by atoms with E-state index in [2.05, 4.69) is 0 Å². The van der Waals surface area contributed by atoms with Crippen LogP contribution in [0, 0.1) is 19.7 Å². The van der Waals surface area contributed by atoms with Crippen molar-refractivity contribution in [2.45, 2.75) is 20.4 Å². The number of hydrogen-bond donors (Lipinski definition) is 0. The quantitative estimate of drug-likeness (QED) is 0.657. The summed E-state index contributed by atoms with van der Waals surface area (Å²) in [5.41, 5.74) is 3.70. The largest absolute Gasteiger partial charge is 0.340 e. The molecule has 0 spiro atoms. The highest BCUT2D eigenvalue weighted by Gasteiger charge is 2.11. The highest BCUT2D eigenvalue weighted by Crippen LogP contribution is 2.20. The fourth-order valence-corrected chi connectivity index (χ4v) is 2.48. The highest BCUT2D eigenvalue weighted by molar-refractivity contribution is 5.97. The van der Waals surface area contributed by atoms with Crippen molar-refractivity contribution in [1.29, 1.82) is 0 Å². The van der Waals surface area contributed by atoms with E-state index < -0.39 is 0 Å². The Morgan fingerprint density at radius 3 is 2.67 bits per heavy atom. The maximum Gasteiger partial charge on any atom is 0.182 e. The smallest absolute Gasteiger partial charge is 0.182 e. The van der Waals surface area contributed by atoms with Gasteiger partial charge in [0.15, 0.2) is 5.78 Å². The maximum absolute atomic E-state index is 13.7. The van der Waals surface area contributed by atoms with Crippen LogP contribution in [-0.2, 0) is 6.54 Å². The van der Waals surface area contributed by atoms with Gasteiger partial charge >= 0.3 is 0 Å². The minimum atomic E-state index is -0.259. The van der Waals surface area contributed by atoms with Gasteiger partial charge in [-0.05, 0) is 49.2 Å². The summed E-state index contributed by atoms with van der Waals surface area (Å²) in [7, 11) is 0. The molecule has 0 amide bonds. The van der Waals surface area contributed by atoms with Crippen molar-refractivity contribution in [3.8, 4) is 0 Å². The molecule has 0 aliphatic carbocycles. The van der Waals surface area contributed by atoms with Gasteiger partial charge < -0.3 is 4.57 Å². The lowest BCUT2D eigenvalue weighted by molar-refractivity contribution is 0.0973. The minimum absolute atomic E-state index is 0.0276. The number of ketones is 1. The molecule has 0 fully saturated rings. The summed E-state index contributed by atoms with van der Waals surface area (Å²) in [6.45, 7) is 4.23. The van der Waals surface area contributed by atoms with Crippen molar-refractivity contribution in [3.05, 3.63) is 71.2 Å². The van der Waals surface area contributed by atoms with E-state index in [0.717, 1.165) is 11.1 Å². The monoisotopic (exact) mass is 281 g/mol. The van der Waals surface area contributed by atoms with Crippen LogP contribution in [0.3, 0.4) is 0 Å². The van der Waals surface area contributed by atoms with E-state index in [9.17, 15) is 9.18 Å². The van der Waals surface area contributed by atoms with Crippen LogP contribution in [0.2, 0.25) is 0 Å². The molecular weight excluding hydrogens is 265 g/mol. The van der Waals surface area contributed by atoms with E-state index >= 15 is 0 Å². The summed E-state index contributed by atoms with van der Waals surface area (Å²) in [4.78, 5) is 12.4. The first-order valence-corrected chi connectivity index (χ1v) is 6.90. The van der Waals surface area contributed by atoms with Crippen LogP contribution in [0.1, 0.15) is 21.5 Å². The first kappa shape index (κ1) is 13.6. The van der Waals surface area contributed by atoms with E-state index in [4.69, 9.17) is 0 Å². The van der Waals surface area contributed by atoms with Gasteiger partial charge in [-0.2, -0.15) is 0 Å². The third-order valence-electron chi connectivity index (χ3n) is 3.90. The number of aromatic nitrogens is 1. The molecule has 0 saturated carbocycles. The first-order chi connectivity index (χ1) is 10.1. The Morgan fingerprint density at radius 1 is 1.10 bits per heavy atom. The zero-order chi connectivity index (χ0) is 15.0. The number of rotatable bonds is 3. The molecule has 21 heavy (non-hydrogen) atoms. The lowest BCUT2D eigenvalue weighted by Crippen LogP contribution is -2.09. The number of halogens is 1. The Kier molecular flexibility index (Phi) is 3.34. The van der Waals surface area contributed by atoms with Crippen LogP contribution in [0.5, 0.6) is 0 Å². The van der Waals surface area contributed by atoms with Gasteiger partial charge in [0.1, 0.15) is 5.82 Å². The van der Waals surface area contributed by atoms with Crippen LogP contribution < -0.4 is 0 Å². The van der Waals surface area contributed by atoms with Crippen LogP contribution in [0.4, 0.5) is 4.39 Å². The highest BCUT2D eigenvalue weighted by atomic mass is 19.1. The van der Waals surface area contributed by atoms with E-state index in [1.54, 1.807) is 22.9 Å². The van der Waals surface area contributed by atoms with Gasteiger partial charge in [-0.25, -0.2) is 4.39 Å². The third kappa shape index (κ3) is 2.47. The van der Waals surface area contributed by atoms with Gasteiger partial charge in [-0.3, -0.25) is 4.79 Å². The van der Waals surface area contributed by atoms with Crippen molar-refractivity contribution in [1.82, 2.24) is 4.57 Å². The molecule has 0 atom stereocenters. The molecule has 3 heteroatoms. The Balaban J connectivity index is 1.93. The van der Waals surface area contributed by atoms with Crippen molar-refractivity contribution >= 4 is 16.7 Å². The minimum Gasteiger partial charge on any atom is -0.340 e. The van der Waals surface area contributed by atoms with Crippen LogP contribution in [-0.4, -0.2) is 10.4 Å². The lowest BCUT2D eigenvalue weighted by Gasteiger charge is -2.07. The molecule has 0 aliphatic heterocycles. The molecule has 1 aromatic heterocycles. The topological polar surface area (TPSA) is 22.0 Å². The first-order valence-electron chi connectivity index (χ1n) is 6.90. The number of hydrogen-bond acceptors (Lipinski definition) is 1. The van der Waals surface area contributed by atoms with Crippen molar-refractivity contribution in [2.24, 2.45) is 0 Å². The molecule has 0 unspecified atom stereocenters. The van der Waals surface area contributed by atoms with Crippen molar-refractivity contribution in [3.63, 3.8) is 0 Å². The third-order valence-corrected chi connectivity index (χ3v) is 3.90. The van der Waals surface area contributed by atoms with Crippen LogP contribution in [0.15, 0.2) is 48.7 Å². The van der Waals surface area contributed by atoms with Crippen molar-refractivity contribution < 1.29 is 9.18 Å². The van der Waals surface area contributed by atoms with Gasteiger partial charge in [0.05, 0.1) is 12.1 Å². The average Bonchev–Trinajstić information content (AvgIpc) is 2.86. The molecule has 106 valence electrons. The summed E-state index contributed by atoms with van der Waals surface area (Å²) >= 11 is 0. The molecule has 2 nitrogen and oxygen atoms in total. The molecular formula is C18H16FNO. The Bertz CT molecular complexity index is 832. The number of nitrogens with zero attached hydrogens (tertiary/aromatic N) is 1. The van der Waals surface area contributed by atoms with E-state index in [1.807, 2.05) is 38.1 Å². The van der Waals surface area contributed by atoms with Crippen LogP contribution in [0.25, 0.3) is 10.9 Å². The fraction of sp³-hybridized carbons (Fsp3) is 0.167. The number of benzene rings is 2. The zero-order valence-electron chi connectivity index (χ0n) is 12.1. The Morgan fingerprint density at radius 2 is 1.90 bits per heavy atom. The molecule has 0 bridgehead atoms. The standard InChI is InChI=1S/C18H16FNO/c1-12-6-7-14(10-13(12)2)18(21)11-20-9-8-15-16(19)4-3-5-17(15)20/h3-10H,11H2,1-2H3.